The number of nitrogens with one attached hydrogen (secondary N) is 1. The van der Waals surface area contributed by atoms with Crippen LogP contribution in [0.5, 0.6) is 11.5 Å². The number of ether oxygens (including phenoxy) is 2. The number of hydrogen-bond donors (Lipinski definition) is 1. The Morgan fingerprint density at radius 3 is 2.67 bits per heavy atom. The molecule has 0 saturated carbocycles. The van der Waals surface area contributed by atoms with Gasteiger partial charge in [-0.1, -0.05) is 18.2 Å². The zero-order valence-electron chi connectivity index (χ0n) is 14.6. The van der Waals surface area contributed by atoms with Crippen LogP contribution in [0.1, 0.15) is 13.0 Å². The molecule has 0 radical (unpaired) electrons. The van der Waals surface area contributed by atoms with Crippen LogP contribution in [0.3, 0.4) is 0 Å². The molecule has 2 heterocycles. The van der Waals surface area contributed by atoms with E-state index >= 15 is 0 Å². The fourth-order valence-electron chi connectivity index (χ4n) is 2.79. The molecule has 27 heavy (non-hydrogen) atoms. The molecule has 0 fully saturated rings. The van der Waals surface area contributed by atoms with Gasteiger partial charge in [-0.2, -0.15) is 5.10 Å². The summed E-state index contributed by atoms with van der Waals surface area (Å²) in [6.45, 7) is 1.82. The van der Waals surface area contributed by atoms with Crippen LogP contribution in [0.2, 0.25) is 0 Å². The van der Waals surface area contributed by atoms with Crippen molar-refractivity contribution >= 4 is 11.6 Å². The van der Waals surface area contributed by atoms with Crippen molar-refractivity contribution in [2.45, 2.75) is 13.0 Å². The second-order valence-corrected chi connectivity index (χ2v) is 6.10. The van der Waals surface area contributed by atoms with Gasteiger partial charge in [-0.25, -0.2) is 4.68 Å². The number of hydrogen-bond acceptors (Lipinski definition) is 5. The van der Waals surface area contributed by atoms with Gasteiger partial charge < -0.3 is 14.8 Å². The Morgan fingerprint density at radius 2 is 1.85 bits per heavy atom. The average Bonchev–Trinajstić information content (AvgIpc) is 3.16. The summed E-state index contributed by atoms with van der Waals surface area (Å²) < 4.78 is 11.9. The number of para-hydroxylation sites is 1. The maximum Gasteiger partial charge on any atom is 0.267 e. The molecule has 1 unspecified atom stereocenters. The van der Waals surface area contributed by atoms with E-state index in [2.05, 4.69) is 10.4 Å². The number of nitrogens with zero attached hydrogens (tertiary/aromatic N) is 2. The first-order valence-corrected chi connectivity index (χ1v) is 8.47. The number of aromatic nitrogens is 2. The maximum atomic E-state index is 12.5. The Labute approximate surface area is 155 Å². The van der Waals surface area contributed by atoms with Crippen LogP contribution in [0.25, 0.3) is 11.3 Å². The lowest BCUT2D eigenvalue weighted by atomic mass is 10.1. The van der Waals surface area contributed by atoms with E-state index in [1.165, 1.54) is 10.7 Å². The first kappa shape index (κ1) is 16.8. The third-order valence-corrected chi connectivity index (χ3v) is 4.28. The number of benzene rings is 2. The molecule has 1 N–H and O–H groups in total. The van der Waals surface area contributed by atoms with Crippen molar-refractivity contribution in [3.63, 3.8) is 0 Å². The fraction of sp³-hybridized carbons (Fsp3) is 0.150. The first-order chi connectivity index (χ1) is 13.1. The zero-order chi connectivity index (χ0) is 18.8. The Bertz CT molecular complexity index is 1050. The molecule has 1 amide bonds. The van der Waals surface area contributed by atoms with Gasteiger partial charge in [0.1, 0.15) is 6.04 Å². The molecule has 7 nitrogen and oxygen atoms in total. The Hall–Kier alpha value is -3.61. The standard InChI is InChI=1S/C20H17N3O4/c1-13(20(25)21-15-5-3-2-4-6-15)23-19(24)10-8-16(22-23)14-7-9-17-18(11-14)27-12-26-17/h2-11,13H,12H2,1H3,(H,21,25). The summed E-state index contributed by atoms with van der Waals surface area (Å²) in [6, 6.07) is 16.8. The van der Waals surface area contributed by atoms with Crippen LogP contribution < -0.4 is 20.3 Å². The van der Waals surface area contributed by atoms with Gasteiger partial charge in [-0.05, 0) is 43.3 Å². The van der Waals surface area contributed by atoms with Crippen molar-refractivity contribution in [3.05, 3.63) is 71.0 Å². The number of anilines is 1. The summed E-state index contributed by atoms with van der Waals surface area (Å²) in [7, 11) is 0. The summed E-state index contributed by atoms with van der Waals surface area (Å²) in [5.41, 5.74) is 1.64. The van der Waals surface area contributed by atoms with E-state index in [0.29, 0.717) is 22.9 Å². The second-order valence-electron chi connectivity index (χ2n) is 6.10. The van der Waals surface area contributed by atoms with Crippen LogP contribution in [0.4, 0.5) is 5.69 Å². The van der Waals surface area contributed by atoms with Gasteiger partial charge in [0.15, 0.2) is 11.5 Å². The number of fused-ring (bicyclic) bond motifs is 1. The number of carbonyl (C=O) groups excluding carboxylic acids is 1. The van der Waals surface area contributed by atoms with E-state index in [-0.39, 0.29) is 18.3 Å². The minimum Gasteiger partial charge on any atom is -0.454 e. The number of amides is 1. The quantitative estimate of drug-likeness (QED) is 0.771. The van der Waals surface area contributed by atoms with Crippen molar-refractivity contribution in [2.24, 2.45) is 0 Å². The molecule has 2 aromatic carbocycles. The van der Waals surface area contributed by atoms with Crippen molar-refractivity contribution in [2.75, 3.05) is 12.1 Å². The molecule has 1 aliphatic heterocycles. The Kier molecular flexibility index (Phi) is 4.33. The van der Waals surface area contributed by atoms with Crippen molar-refractivity contribution in [1.29, 1.82) is 0 Å². The zero-order valence-corrected chi connectivity index (χ0v) is 14.6. The highest BCUT2D eigenvalue weighted by molar-refractivity contribution is 5.93. The minimum absolute atomic E-state index is 0.183. The van der Waals surface area contributed by atoms with Crippen LogP contribution >= 0.6 is 0 Å². The minimum atomic E-state index is -0.772. The molecular formula is C20H17N3O4. The van der Waals surface area contributed by atoms with Gasteiger partial charge in [0.25, 0.3) is 5.56 Å². The largest absolute Gasteiger partial charge is 0.454 e. The van der Waals surface area contributed by atoms with E-state index in [9.17, 15) is 9.59 Å². The van der Waals surface area contributed by atoms with Gasteiger partial charge in [0.05, 0.1) is 5.69 Å². The maximum absolute atomic E-state index is 12.5. The highest BCUT2D eigenvalue weighted by atomic mass is 16.7. The molecule has 0 bridgehead atoms. The lowest BCUT2D eigenvalue weighted by molar-refractivity contribution is -0.119. The molecule has 0 saturated heterocycles. The van der Waals surface area contributed by atoms with Crippen LogP contribution in [0, 0.1) is 0 Å². The van der Waals surface area contributed by atoms with Crippen LogP contribution in [0.15, 0.2) is 65.5 Å². The summed E-state index contributed by atoms with van der Waals surface area (Å²) in [5, 5.41) is 7.16. The third kappa shape index (κ3) is 3.39. The monoisotopic (exact) mass is 363 g/mol. The normalized spacial score (nSPS) is 13.2. The van der Waals surface area contributed by atoms with Crippen molar-refractivity contribution in [3.8, 4) is 22.8 Å². The topological polar surface area (TPSA) is 82.5 Å². The Balaban J connectivity index is 1.62. The van der Waals surface area contributed by atoms with Crippen LogP contribution in [-0.2, 0) is 4.79 Å². The summed E-state index contributed by atoms with van der Waals surface area (Å²) >= 11 is 0. The van der Waals surface area contributed by atoms with Gasteiger partial charge in [-0.15, -0.1) is 0 Å². The lowest BCUT2D eigenvalue weighted by Gasteiger charge is -2.15. The van der Waals surface area contributed by atoms with Gasteiger partial charge in [0.2, 0.25) is 12.7 Å². The number of rotatable bonds is 4. The molecule has 136 valence electrons. The molecule has 1 aromatic heterocycles. The second kappa shape index (κ2) is 6.95. The first-order valence-electron chi connectivity index (χ1n) is 8.47. The van der Waals surface area contributed by atoms with Gasteiger partial charge in [0, 0.05) is 17.3 Å². The van der Waals surface area contributed by atoms with Crippen molar-refractivity contribution in [1.82, 2.24) is 9.78 Å². The molecule has 0 aliphatic carbocycles. The van der Waals surface area contributed by atoms with E-state index in [0.717, 1.165) is 5.56 Å². The highest BCUT2D eigenvalue weighted by Crippen LogP contribution is 2.35. The summed E-state index contributed by atoms with van der Waals surface area (Å²) in [6.07, 6.45) is 0. The SMILES string of the molecule is CC(C(=O)Nc1ccccc1)n1nc(-c2ccc3c(c2)OCO3)ccc1=O. The van der Waals surface area contributed by atoms with E-state index in [1.54, 1.807) is 37.3 Å². The van der Waals surface area contributed by atoms with Crippen molar-refractivity contribution < 1.29 is 14.3 Å². The van der Waals surface area contributed by atoms with E-state index in [4.69, 9.17) is 9.47 Å². The smallest absolute Gasteiger partial charge is 0.267 e. The third-order valence-electron chi connectivity index (χ3n) is 4.28. The van der Waals surface area contributed by atoms with Gasteiger partial charge >= 0.3 is 0 Å². The summed E-state index contributed by atoms with van der Waals surface area (Å²) in [4.78, 5) is 24.8. The van der Waals surface area contributed by atoms with E-state index < -0.39 is 6.04 Å². The molecular weight excluding hydrogens is 346 g/mol. The predicted octanol–water partition coefficient (Wildman–Crippen LogP) is 2.84. The molecule has 1 aliphatic rings. The van der Waals surface area contributed by atoms with Gasteiger partial charge in [-0.3, -0.25) is 9.59 Å². The molecule has 7 heteroatoms. The predicted molar refractivity (Wildman–Crippen MR) is 99.8 cm³/mol. The highest BCUT2D eigenvalue weighted by Gasteiger charge is 2.19. The van der Waals surface area contributed by atoms with Crippen LogP contribution in [-0.4, -0.2) is 22.5 Å². The molecule has 0 spiro atoms. The molecule has 4 rings (SSSR count). The number of carbonyl (C=O) groups is 1. The fourth-order valence-corrected chi connectivity index (χ4v) is 2.79. The Morgan fingerprint density at radius 1 is 1.07 bits per heavy atom. The molecule has 3 aromatic rings. The van der Waals surface area contributed by atoms with E-state index in [1.807, 2.05) is 24.3 Å². The molecule has 1 atom stereocenters. The lowest BCUT2D eigenvalue weighted by Crippen LogP contribution is -2.33. The average molecular weight is 363 g/mol. The summed E-state index contributed by atoms with van der Waals surface area (Å²) in [5.74, 6) is 0.975.